The van der Waals surface area contributed by atoms with Gasteiger partial charge in [-0.2, -0.15) is 4.98 Å². The molecule has 3 rings (SSSR count). The van der Waals surface area contributed by atoms with Crippen LogP contribution in [0.4, 0.5) is 11.6 Å². The summed E-state index contributed by atoms with van der Waals surface area (Å²) in [6.07, 6.45) is 1.55. The number of rotatable bonds is 9. The summed E-state index contributed by atoms with van der Waals surface area (Å²) in [5.41, 5.74) is 11.9. The van der Waals surface area contributed by atoms with Gasteiger partial charge in [-0.15, -0.1) is 0 Å². The number of carboxylic acid groups (broad SMARTS) is 1. The molecule has 0 aliphatic carbocycles. The van der Waals surface area contributed by atoms with Crippen LogP contribution in [0.15, 0.2) is 35.3 Å². The molecule has 0 bridgehead atoms. The molecule has 13 heteroatoms. The Labute approximate surface area is 180 Å². The summed E-state index contributed by atoms with van der Waals surface area (Å²) in [6.45, 7) is 0.254. The smallest absolute Gasteiger partial charge is 0.326 e. The highest BCUT2D eigenvalue weighted by Crippen LogP contribution is 2.12. The first-order valence-corrected chi connectivity index (χ1v) is 9.45. The number of anilines is 2. The summed E-state index contributed by atoms with van der Waals surface area (Å²) in [4.78, 5) is 50.1. The summed E-state index contributed by atoms with van der Waals surface area (Å²) in [5, 5.41) is 21.9. The van der Waals surface area contributed by atoms with E-state index in [0.29, 0.717) is 11.4 Å². The second-order valence-corrected chi connectivity index (χ2v) is 6.84. The van der Waals surface area contributed by atoms with E-state index in [2.05, 4.69) is 30.6 Å². The number of aromatic amines is 1. The number of carboxylic acids is 1. The molecule has 166 valence electrons. The van der Waals surface area contributed by atoms with Gasteiger partial charge >= 0.3 is 5.97 Å². The molecule has 3 aromatic rings. The number of aliphatic carboxylic acids is 1. The maximum absolute atomic E-state index is 12.3. The molecule has 0 fully saturated rings. The summed E-state index contributed by atoms with van der Waals surface area (Å²) < 4.78 is 0. The molecule has 32 heavy (non-hydrogen) atoms. The Morgan fingerprint density at radius 1 is 1.22 bits per heavy atom. The van der Waals surface area contributed by atoms with Crippen LogP contribution >= 0.6 is 0 Å². The number of nitrogen functional groups attached to an aromatic ring is 1. The number of benzene rings is 1. The highest BCUT2D eigenvalue weighted by Gasteiger charge is 2.20. The number of carbonyl (C=O) groups is 2. The molecule has 13 nitrogen and oxygen atoms in total. The van der Waals surface area contributed by atoms with Gasteiger partial charge in [-0.05, 0) is 30.7 Å². The van der Waals surface area contributed by atoms with E-state index in [1.807, 2.05) is 0 Å². The molecular formula is C19H21N9O4. The van der Waals surface area contributed by atoms with E-state index in [1.165, 1.54) is 18.3 Å². The quantitative estimate of drug-likeness (QED) is 0.172. The molecule has 2 aromatic heterocycles. The molecule has 0 spiro atoms. The first kappa shape index (κ1) is 22.1. The summed E-state index contributed by atoms with van der Waals surface area (Å²) in [6, 6.07) is 5.20. The van der Waals surface area contributed by atoms with Gasteiger partial charge in [0, 0.05) is 17.7 Å². The first-order valence-electron chi connectivity index (χ1n) is 9.45. The SMILES string of the molecule is N=C(N)CC[C@H](NC(=O)c1ccc(NCc2cnc3nc(N)[nH]c(=O)c3n2)cc1)C(=O)O. The van der Waals surface area contributed by atoms with Crippen molar-refractivity contribution < 1.29 is 14.7 Å². The van der Waals surface area contributed by atoms with Crippen molar-refractivity contribution in [3.05, 3.63) is 52.1 Å². The van der Waals surface area contributed by atoms with Gasteiger partial charge in [0.15, 0.2) is 11.2 Å². The van der Waals surface area contributed by atoms with E-state index in [-0.39, 0.29) is 47.9 Å². The van der Waals surface area contributed by atoms with Gasteiger partial charge in [0.1, 0.15) is 6.04 Å². The molecule has 2 heterocycles. The lowest BCUT2D eigenvalue weighted by atomic mass is 10.1. The Bertz CT molecular complexity index is 1220. The molecule has 0 saturated carbocycles. The van der Waals surface area contributed by atoms with Crippen LogP contribution < -0.4 is 27.7 Å². The number of nitrogens with two attached hydrogens (primary N) is 2. The Morgan fingerprint density at radius 3 is 2.59 bits per heavy atom. The van der Waals surface area contributed by atoms with Crippen LogP contribution in [-0.4, -0.2) is 48.8 Å². The lowest BCUT2D eigenvalue weighted by Crippen LogP contribution is -2.41. The Kier molecular flexibility index (Phi) is 6.58. The molecule has 9 N–H and O–H groups in total. The molecule has 0 unspecified atom stereocenters. The maximum Gasteiger partial charge on any atom is 0.326 e. The third-order valence-electron chi connectivity index (χ3n) is 4.41. The van der Waals surface area contributed by atoms with E-state index in [1.54, 1.807) is 12.1 Å². The minimum Gasteiger partial charge on any atom is -0.480 e. The molecule has 0 radical (unpaired) electrons. The zero-order chi connectivity index (χ0) is 23.3. The van der Waals surface area contributed by atoms with Crippen molar-refractivity contribution in [2.75, 3.05) is 11.1 Å². The minimum atomic E-state index is -1.20. The third kappa shape index (κ3) is 5.53. The molecular weight excluding hydrogens is 418 g/mol. The lowest BCUT2D eigenvalue weighted by molar-refractivity contribution is -0.139. The zero-order valence-corrected chi connectivity index (χ0v) is 16.8. The van der Waals surface area contributed by atoms with Gasteiger partial charge in [-0.1, -0.05) is 0 Å². The Hall–Kier alpha value is -4.55. The van der Waals surface area contributed by atoms with Crippen molar-refractivity contribution in [3.8, 4) is 0 Å². The Morgan fingerprint density at radius 2 is 1.94 bits per heavy atom. The molecule has 0 aliphatic rings. The van der Waals surface area contributed by atoms with Gasteiger partial charge in [0.25, 0.3) is 11.5 Å². The molecule has 1 atom stereocenters. The van der Waals surface area contributed by atoms with E-state index in [0.717, 1.165) is 0 Å². The predicted octanol–water partition coefficient (Wildman–Crippen LogP) is -0.193. The van der Waals surface area contributed by atoms with Crippen LogP contribution in [0, 0.1) is 5.41 Å². The number of hydrogen-bond donors (Lipinski definition) is 7. The highest BCUT2D eigenvalue weighted by molar-refractivity contribution is 5.97. The van der Waals surface area contributed by atoms with Gasteiger partial charge in [0.2, 0.25) is 5.95 Å². The van der Waals surface area contributed by atoms with Crippen molar-refractivity contribution in [2.24, 2.45) is 5.73 Å². The van der Waals surface area contributed by atoms with Crippen LogP contribution in [0.2, 0.25) is 0 Å². The number of carbonyl (C=O) groups excluding carboxylic acids is 1. The lowest BCUT2D eigenvalue weighted by Gasteiger charge is -2.14. The number of aromatic nitrogens is 4. The number of amidine groups is 1. The standard InChI is InChI=1S/C19H21N9O4/c20-13(21)6-5-12(18(31)32)26-16(29)9-1-3-10(4-2-9)23-7-11-8-24-15-14(25-11)17(30)28-19(22)27-15/h1-4,8,12,23H,5-7H2,(H3,20,21)(H,26,29)(H,31,32)(H3,22,24,27,28,30)/t12-/m0/s1. The van der Waals surface area contributed by atoms with Crippen LogP contribution in [0.25, 0.3) is 11.2 Å². The van der Waals surface area contributed by atoms with Crippen molar-refractivity contribution in [2.45, 2.75) is 25.4 Å². The van der Waals surface area contributed by atoms with E-state index in [4.69, 9.17) is 16.9 Å². The zero-order valence-electron chi connectivity index (χ0n) is 16.8. The fraction of sp³-hybridized carbons (Fsp3) is 0.211. The number of amides is 1. The number of H-pyrrole nitrogens is 1. The highest BCUT2D eigenvalue weighted by atomic mass is 16.4. The van der Waals surface area contributed by atoms with Crippen molar-refractivity contribution in [3.63, 3.8) is 0 Å². The topological polar surface area (TPSA) is 226 Å². The average Bonchev–Trinajstić information content (AvgIpc) is 2.75. The predicted molar refractivity (Wildman–Crippen MR) is 116 cm³/mol. The third-order valence-corrected chi connectivity index (χ3v) is 4.41. The van der Waals surface area contributed by atoms with Gasteiger partial charge in [-0.3, -0.25) is 20.0 Å². The largest absolute Gasteiger partial charge is 0.480 e. The van der Waals surface area contributed by atoms with Crippen molar-refractivity contribution in [1.82, 2.24) is 25.3 Å². The monoisotopic (exact) mass is 439 g/mol. The fourth-order valence-electron chi connectivity index (χ4n) is 2.79. The number of nitrogens with one attached hydrogen (secondary N) is 4. The normalized spacial score (nSPS) is 11.6. The second kappa shape index (κ2) is 9.51. The van der Waals surface area contributed by atoms with E-state index < -0.39 is 23.5 Å². The maximum atomic E-state index is 12.3. The number of nitrogens with zero attached hydrogens (tertiary/aromatic N) is 3. The van der Waals surface area contributed by atoms with Crippen molar-refractivity contribution >= 4 is 40.5 Å². The van der Waals surface area contributed by atoms with Crippen LogP contribution in [0.1, 0.15) is 28.9 Å². The van der Waals surface area contributed by atoms with E-state index >= 15 is 0 Å². The van der Waals surface area contributed by atoms with Crippen LogP contribution in [-0.2, 0) is 11.3 Å². The van der Waals surface area contributed by atoms with Gasteiger partial charge < -0.3 is 27.2 Å². The molecule has 0 aliphatic heterocycles. The molecule has 0 saturated heterocycles. The average molecular weight is 439 g/mol. The second-order valence-electron chi connectivity index (χ2n) is 6.84. The van der Waals surface area contributed by atoms with Gasteiger partial charge in [0.05, 0.1) is 24.3 Å². The van der Waals surface area contributed by atoms with Crippen molar-refractivity contribution in [1.29, 1.82) is 5.41 Å². The summed E-state index contributed by atoms with van der Waals surface area (Å²) in [5.74, 6) is -1.95. The van der Waals surface area contributed by atoms with Crippen LogP contribution in [0.3, 0.4) is 0 Å². The summed E-state index contributed by atoms with van der Waals surface area (Å²) >= 11 is 0. The molecule has 1 aromatic carbocycles. The van der Waals surface area contributed by atoms with Gasteiger partial charge in [-0.25, -0.2) is 14.8 Å². The van der Waals surface area contributed by atoms with E-state index in [9.17, 15) is 19.5 Å². The number of hydrogen-bond acceptors (Lipinski definition) is 9. The first-order chi connectivity index (χ1) is 15.2. The molecule has 1 amide bonds. The fourth-order valence-corrected chi connectivity index (χ4v) is 2.79. The summed E-state index contributed by atoms with van der Waals surface area (Å²) in [7, 11) is 0. The number of fused-ring (bicyclic) bond motifs is 1. The minimum absolute atomic E-state index is 0.0216. The van der Waals surface area contributed by atoms with Crippen LogP contribution in [0.5, 0.6) is 0 Å². The Balaban J connectivity index is 1.62.